The topological polar surface area (TPSA) is 37.4 Å². The van der Waals surface area contributed by atoms with Gasteiger partial charge in [0.05, 0.1) is 0 Å². The lowest BCUT2D eigenvalue weighted by Crippen LogP contribution is -2.33. The van der Waals surface area contributed by atoms with Gasteiger partial charge in [0.1, 0.15) is 15.8 Å². The van der Waals surface area contributed by atoms with E-state index in [0.29, 0.717) is 0 Å². The number of amides is 2. The zero-order valence-corrected chi connectivity index (χ0v) is 10.4. The summed E-state index contributed by atoms with van der Waals surface area (Å²) in [6.07, 6.45) is 0. The SMILES string of the molecule is O=C1C(Cl)=C(Cl)C(=O)N1c1c(F)c(F)c(F)c(F)c1F. The molecule has 0 saturated heterocycles. The van der Waals surface area contributed by atoms with Crippen molar-refractivity contribution in [1.82, 2.24) is 0 Å². The second kappa shape index (κ2) is 4.71. The maximum atomic E-state index is 13.5. The van der Waals surface area contributed by atoms with Crippen molar-refractivity contribution in [1.29, 1.82) is 0 Å². The number of carbonyl (C=O) groups excluding carboxylic acids is 2. The summed E-state index contributed by atoms with van der Waals surface area (Å²) in [4.78, 5) is 22.7. The van der Waals surface area contributed by atoms with Crippen LogP contribution in [0.25, 0.3) is 0 Å². The van der Waals surface area contributed by atoms with Crippen LogP contribution < -0.4 is 4.90 Å². The predicted molar refractivity (Wildman–Crippen MR) is 57.5 cm³/mol. The van der Waals surface area contributed by atoms with Crippen LogP contribution in [0.5, 0.6) is 0 Å². The molecule has 0 spiro atoms. The van der Waals surface area contributed by atoms with Crippen LogP contribution in [0.3, 0.4) is 0 Å². The summed E-state index contributed by atoms with van der Waals surface area (Å²) in [6.45, 7) is 0. The Morgan fingerprint density at radius 3 is 1.30 bits per heavy atom. The number of carbonyl (C=O) groups is 2. The second-order valence-electron chi connectivity index (χ2n) is 3.49. The first-order valence-corrected chi connectivity index (χ1v) is 5.41. The molecule has 0 saturated carbocycles. The molecule has 1 aromatic carbocycles. The fourth-order valence-corrected chi connectivity index (χ4v) is 1.80. The summed E-state index contributed by atoms with van der Waals surface area (Å²) in [6, 6.07) is 0. The van der Waals surface area contributed by atoms with Gasteiger partial charge in [-0.2, -0.15) is 0 Å². The van der Waals surface area contributed by atoms with Crippen LogP contribution in [0, 0.1) is 29.1 Å². The van der Waals surface area contributed by atoms with Crippen LogP contribution in [0.1, 0.15) is 0 Å². The lowest BCUT2D eigenvalue weighted by Gasteiger charge is -2.16. The van der Waals surface area contributed by atoms with Crippen LogP contribution in [0.15, 0.2) is 10.1 Å². The molecule has 20 heavy (non-hydrogen) atoms. The number of hydrogen-bond donors (Lipinski definition) is 0. The Morgan fingerprint density at radius 2 is 0.950 bits per heavy atom. The number of nitrogens with zero attached hydrogens (tertiary/aromatic N) is 1. The van der Waals surface area contributed by atoms with Gasteiger partial charge < -0.3 is 0 Å². The number of halogens is 7. The highest BCUT2D eigenvalue weighted by Crippen LogP contribution is 2.36. The number of anilines is 1. The number of rotatable bonds is 1. The zero-order valence-electron chi connectivity index (χ0n) is 8.91. The summed E-state index contributed by atoms with van der Waals surface area (Å²) >= 11 is 10.6. The van der Waals surface area contributed by atoms with E-state index < -0.39 is 56.7 Å². The first-order chi connectivity index (χ1) is 9.20. The van der Waals surface area contributed by atoms with Gasteiger partial charge in [-0.05, 0) is 0 Å². The molecule has 3 nitrogen and oxygen atoms in total. The molecule has 0 unspecified atom stereocenters. The number of imide groups is 1. The van der Waals surface area contributed by atoms with Crippen molar-refractivity contribution in [2.45, 2.75) is 0 Å². The lowest BCUT2D eigenvalue weighted by atomic mass is 10.2. The summed E-state index contributed by atoms with van der Waals surface area (Å²) in [5.74, 6) is -14.7. The van der Waals surface area contributed by atoms with Crippen molar-refractivity contribution < 1.29 is 31.5 Å². The van der Waals surface area contributed by atoms with E-state index in [1.165, 1.54) is 0 Å². The van der Waals surface area contributed by atoms with Crippen LogP contribution in [0.4, 0.5) is 27.6 Å². The van der Waals surface area contributed by atoms with Gasteiger partial charge in [-0.3, -0.25) is 9.59 Å². The summed E-state index contributed by atoms with van der Waals surface area (Å²) < 4.78 is 65.9. The maximum absolute atomic E-state index is 13.5. The van der Waals surface area contributed by atoms with Crippen LogP contribution in [0.2, 0.25) is 0 Å². The smallest absolute Gasteiger partial charge is 0.267 e. The van der Waals surface area contributed by atoms with Crippen molar-refractivity contribution in [3.05, 3.63) is 39.2 Å². The van der Waals surface area contributed by atoms with Gasteiger partial charge in [-0.25, -0.2) is 26.9 Å². The molecule has 10 heteroatoms. The molecular formula is C10Cl2F5NO2. The molecule has 0 aromatic heterocycles. The number of benzene rings is 1. The molecule has 0 atom stereocenters. The van der Waals surface area contributed by atoms with Crippen molar-refractivity contribution in [2.75, 3.05) is 4.90 Å². The molecule has 2 rings (SSSR count). The minimum absolute atomic E-state index is 0.319. The minimum Gasteiger partial charge on any atom is -0.267 e. The molecule has 0 radical (unpaired) electrons. The van der Waals surface area contributed by atoms with Gasteiger partial charge in [0.2, 0.25) is 5.82 Å². The zero-order chi connectivity index (χ0) is 15.4. The summed E-state index contributed by atoms with van der Waals surface area (Å²) in [7, 11) is 0. The van der Waals surface area contributed by atoms with E-state index in [-0.39, 0.29) is 4.90 Å². The third-order valence-electron chi connectivity index (χ3n) is 2.38. The van der Waals surface area contributed by atoms with Crippen LogP contribution in [-0.2, 0) is 9.59 Å². The average molecular weight is 332 g/mol. The Kier molecular flexibility index (Phi) is 3.47. The molecule has 0 fully saturated rings. The van der Waals surface area contributed by atoms with E-state index in [0.717, 1.165) is 0 Å². The Morgan fingerprint density at radius 1 is 0.650 bits per heavy atom. The fraction of sp³-hybridized carbons (Fsp3) is 0. The van der Waals surface area contributed by atoms with E-state index >= 15 is 0 Å². The third-order valence-corrected chi connectivity index (χ3v) is 3.18. The largest absolute Gasteiger partial charge is 0.278 e. The van der Waals surface area contributed by atoms with Crippen molar-refractivity contribution >= 4 is 40.7 Å². The van der Waals surface area contributed by atoms with Crippen LogP contribution >= 0.6 is 23.2 Å². The Bertz CT molecular complexity index is 650. The maximum Gasteiger partial charge on any atom is 0.278 e. The van der Waals surface area contributed by atoms with Gasteiger partial charge in [-0.1, -0.05) is 23.2 Å². The van der Waals surface area contributed by atoms with Crippen molar-refractivity contribution in [2.24, 2.45) is 0 Å². The third kappa shape index (κ3) is 1.79. The van der Waals surface area contributed by atoms with Gasteiger partial charge in [0, 0.05) is 0 Å². The molecule has 2 amide bonds. The minimum atomic E-state index is -2.42. The summed E-state index contributed by atoms with van der Waals surface area (Å²) in [5, 5.41) is -1.78. The fourth-order valence-electron chi connectivity index (χ4n) is 1.47. The Labute approximate surface area is 117 Å². The highest BCUT2D eigenvalue weighted by atomic mass is 35.5. The Hall–Kier alpha value is -1.67. The standard InChI is InChI=1S/C10Cl2F5NO2/c11-1-2(12)10(20)18(9(1)19)8-6(16)4(14)3(13)5(15)7(8)17. The molecule has 1 aliphatic heterocycles. The van der Waals surface area contributed by atoms with E-state index in [9.17, 15) is 31.5 Å². The normalized spacial score (nSPS) is 15.7. The second-order valence-corrected chi connectivity index (χ2v) is 4.25. The highest BCUT2D eigenvalue weighted by molar-refractivity contribution is 6.62. The molecule has 0 bridgehead atoms. The molecular weight excluding hydrogens is 332 g/mol. The lowest BCUT2D eigenvalue weighted by molar-refractivity contribution is -0.120. The van der Waals surface area contributed by atoms with Crippen LogP contribution in [-0.4, -0.2) is 11.8 Å². The van der Waals surface area contributed by atoms with E-state index in [4.69, 9.17) is 23.2 Å². The Balaban J connectivity index is 2.74. The van der Waals surface area contributed by atoms with E-state index in [1.54, 1.807) is 0 Å². The first kappa shape index (κ1) is 14.7. The quantitative estimate of drug-likeness (QED) is 0.343. The van der Waals surface area contributed by atoms with Gasteiger partial charge in [0.25, 0.3) is 11.8 Å². The molecule has 0 N–H and O–H groups in total. The molecule has 0 aliphatic carbocycles. The van der Waals surface area contributed by atoms with Crippen molar-refractivity contribution in [3.63, 3.8) is 0 Å². The van der Waals surface area contributed by atoms with Gasteiger partial charge >= 0.3 is 0 Å². The first-order valence-electron chi connectivity index (χ1n) is 4.65. The molecule has 1 aliphatic rings. The average Bonchev–Trinajstić information content (AvgIpc) is 2.61. The molecule has 1 heterocycles. The van der Waals surface area contributed by atoms with Gasteiger partial charge in [-0.15, -0.1) is 0 Å². The van der Waals surface area contributed by atoms with Crippen molar-refractivity contribution in [3.8, 4) is 0 Å². The van der Waals surface area contributed by atoms with E-state index in [1.807, 2.05) is 0 Å². The summed E-state index contributed by atoms with van der Waals surface area (Å²) in [5.41, 5.74) is -1.73. The molecule has 106 valence electrons. The van der Waals surface area contributed by atoms with Gasteiger partial charge in [0.15, 0.2) is 23.3 Å². The highest BCUT2D eigenvalue weighted by Gasteiger charge is 2.43. The predicted octanol–water partition coefficient (Wildman–Crippen LogP) is 2.94. The monoisotopic (exact) mass is 331 g/mol. The molecule has 1 aromatic rings. The number of hydrogen-bond acceptors (Lipinski definition) is 2. The van der Waals surface area contributed by atoms with E-state index in [2.05, 4.69) is 0 Å².